The molecule has 0 unspecified atom stereocenters. The maximum absolute atomic E-state index is 10.4. The van der Waals surface area contributed by atoms with Gasteiger partial charge in [0.1, 0.15) is 0 Å². The maximum Gasteiger partial charge on any atom is 0.243 e. The van der Waals surface area contributed by atoms with Gasteiger partial charge in [-0.2, -0.15) is 0 Å². The van der Waals surface area contributed by atoms with Crippen molar-refractivity contribution in [2.24, 2.45) is 5.41 Å². The Hall–Kier alpha value is -0.570. The predicted octanol–water partition coefficient (Wildman–Crippen LogP) is 0.742. The Morgan fingerprint density at radius 1 is 1.78 bits per heavy atom. The van der Waals surface area contributed by atoms with E-state index >= 15 is 0 Å². The first-order valence-corrected chi connectivity index (χ1v) is 2.74. The zero-order valence-corrected chi connectivity index (χ0v) is 5.77. The van der Waals surface area contributed by atoms with E-state index in [0.29, 0.717) is 0 Å². The number of hydrogen-bond donors (Lipinski definition) is 2. The van der Waals surface area contributed by atoms with Crippen LogP contribution in [0.25, 0.3) is 0 Å². The Labute approximate surface area is 55.0 Å². The smallest absolute Gasteiger partial charge is 0.243 e. The molecular formula is C6H12NO2. The lowest BCUT2D eigenvalue weighted by molar-refractivity contribution is -0.130. The fourth-order valence-corrected chi connectivity index (χ4v) is 0.474. The molecule has 53 valence electrons. The van der Waals surface area contributed by atoms with Gasteiger partial charge >= 0.3 is 0 Å². The largest absolute Gasteiger partial charge is 0.289 e. The summed E-state index contributed by atoms with van der Waals surface area (Å²) in [6, 6.07) is 0. The van der Waals surface area contributed by atoms with Crippen LogP contribution in [0.5, 0.6) is 0 Å². The number of carbonyl (C=O) groups is 1. The van der Waals surface area contributed by atoms with Crippen LogP contribution in [-0.2, 0) is 4.79 Å². The molecule has 3 heteroatoms. The molecule has 1 radical (unpaired) electrons. The summed E-state index contributed by atoms with van der Waals surface area (Å²) in [5, 5.41) is 8.07. The standard InChI is InChI=1S/C6H12NO2/c1-6(2,3)4-5(8)7-9/h9H,1,4H2,2-3H3,(H,7,8). The van der Waals surface area contributed by atoms with Gasteiger partial charge in [-0.3, -0.25) is 10.0 Å². The Kier molecular flexibility index (Phi) is 2.65. The van der Waals surface area contributed by atoms with Crippen LogP contribution in [0, 0.1) is 12.3 Å². The number of hydrogen-bond acceptors (Lipinski definition) is 2. The van der Waals surface area contributed by atoms with Gasteiger partial charge in [0.2, 0.25) is 5.91 Å². The first-order valence-electron chi connectivity index (χ1n) is 2.74. The average Bonchev–Trinajstić information content (AvgIpc) is 1.62. The Bertz CT molecular complexity index is 104. The van der Waals surface area contributed by atoms with E-state index in [1.807, 2.05) is 13.8 Å². The van der Waals surface area contributed by atoms with Crippen LogP contribution in [0.3, 0.4) is 0 Å². The molecule has 0 aliphatic rings. The Morgan fingerprint density at radius 3 is 2.33 bits per heavy atom. The summed E-state index contributed by atoms with van der Waals surface area (Å²) in [6.07, 6.45) is 0.240. The van der Waals surface area contributed by atoms with Crippen LogP contribution in [0.4, 0.5) is 0 Å². The molecule has 0 heterocycles. The average molecular weight is 130 g/mol. The number of hydroxylamine groups is 1. The second-order valence-electron chi connectivity index (χ2n) is 2.88. The van der Waals surface area contributed by atoms with Gasteiger partial charge in [-0.05, 0) is 12.3 Å². The molecule has 0 atom stereocenters. The van der Waals surface area contributed by atoms with Crippen molar-refractivity contribution in [3.8, 4) is 0 Å². The van der Waals surface area contributed by atoms with Gasteiger partial charge in [0.15, 0.2) is 0 Å². The molecule has 0 saturated heterocycles. The van der Waals surface area contributed by atoms with Crippen molar-refractivity contribution in [2.75, 3.05) is 0 Å². The van der Waals surface area contributed by atoms with Crippen LogP contribution in [0.1, 0.15) is 20.3 Å². The number of amides is 1. The monoisotopic (exact) mass is 130 g/mol. The molecule has 0 aliphatic heterocycles. The zero-order chi connectivity index (χ0) is 7.49. The van der Waals surface area contributed by atoms with Gasteiger partial charge in [-0.25, -0.2) is 5.48 Å². The summed E-state index contributed by atoms with van der Waals surface area (Å²) in [6.45, 7) is 7.33. The van der Waals surface area contributed by atoms with Crippen molar-refractivity contribution in [3.05, 3.63) is 6.92 Å². The minimum atomic E-state index is -0.394. The first kappa shape index (κ1) is 8.43. The molecule has 0 aliphatic carbocycles. The van der Waals surface area contributed by atoms with Crippen LogP contribution in [0.15, 0.2) is 0 Å². The van der Waals surface area contributed by atoms with E-state index in [0.717, 1.165) is 0 Å². The fourth-order valence-electron chi connectivity index (χ4n) is 0.474. The highest BCUT2D eigenvalue weighted by Gasteiger charge is 2.14. The second kappa shape index (κ2) is 2.82. The summed E-state index contributed by atoms with van der Waals surface area (Å²) in [4.78, 5) is 10.4. The number of nitrogens with one attached hydrogen (secondary N) is 1. The van der Waals surface area contributed by atoms with E-state index in [1.54, 1.807) is 5.48 Å². The van der Waals surface area contributed by atoms with Gasteiger partial charge in [0.25, 0.3) is 0 Å². The minimum absolute atomic E-state index is 0.240. The molecule has 0 aromatic heterocycles. The van der Waals surface area contributed by atoms with Gasteiger partial charge in [-0.15, -0.1) is 0 Å². The molecule has 0 spiro atoms. The van der Waals surface area contributed by atoms with E-state index in [4.69, 9.17) is 5.21 Å². The third-order valence-electron chi connectivity index (χ3n) is 0.764. The van der Waals surface area contributed by atoms with Gasteiger partial charge < -0.3 is 0 Å². The van der Waals surface area contributed by atoms with E-state index < -0.39 is 5.91 Å². The predicted molar refractivity (Wildman–Crippen MR) is 33.7 cm³/mol. The zero-order valence-electron chi connectivity index (χ0n) is 5.77. The van der Waals surface area contributed by atoms with Crippen molar-refractivity contribution in [2.45, 2.75) is 20.3 Å². The van der Waals surface area contributed by atoms with Crippen LogP contribution < -0.4 is 5.48 Å². The summed E-state index contributed by atoms with van der Waals surface area (Å²) in [5.41, 5.74) is 1.24. The van der Waals surface area contributed by atoms with Crippen molar-refractivity contribution < 1.29 is 10.0 Å². The molecule has 1 amide bonds. The van der Waals surface area contributed by atoms with Crippen molar-refractivity contribution in [1.29, 1.82) is 0 Å². The lowest BCUT2D eigenvalue weighted by Gasteiger charge is -2.14. The van der Waals surface area contributed by atoms with Crippen LogP contribution in [0.2, 0.25) is 0 Å². The molecule has 2 N–H and O–H groups in total. The molecule has 0 fully saturated rings. The molecule has 0 rings (SSSR count). The van der Waals surface area contributed by atoms with Crippen molar-refractivity contribution >= 4 is 5.91 Å². The topological polar surface area (TPSA) is 49.3 Å². The summed E-state index contributed by atoms with van der Waals surface area (Å²) >= 11 is 0. The van der Waals surface area contributed by atoms with E-state index in [-0.39, 0.29) is 11.8 Å². The highest BCUT2D eigenvalue weighted by Crippen LogP contribution is 2.16. The molecule has 0 saturated carbocycles. The van der Waals surface area contributed by atoms with Gasteiger partial charge in [0.05, 0.1) is 0 Å². The maximum atomic E-state index is 10.4. The lowest BCUT2D eigenvalue weighted by Crippen LogP contribution is -2.24. The summed E-state index contributed by atoms with van der Waals surface area (Å²) in [5.74, 6) is -0.394. The van der Waals surface area contributed by atoms with E-state index in [2.05, 4.69) is 6.92 Å². The lowest BCUT2D eigenvalue weighted by atomic mass is 9.92. The molecule has 0 bridgehead atoms. The third-order valence-corrected chi connectivity index (χ3v) is 0.764. The Morgan fingerprint density at radius 2 is 2.22 bits per heavy atom. The van der Waals surface area contributed by atoms with E-state index in [9.17, 15) is 4.79 Å². The van der Waals surface area contributed by atoms with Crippen molar-refractivity contribution in [3.63, 3.8) is 0 Å². The van der Waals surface area contributed by atoms with Crippen LogP contribution >= 0.6 is 0 Å². The Balaban J connectivity index is 3.60. The quantitative estimate of drug-likeness (QED) is 0.428. The first-order chi connectivity index (χ1) is 3.95. The number of rotatable bonds is 2. The summed E-state index contributed by atoms with van der Waals surface area (Å²) < 4.78 is 0. The van der Waals surface area contributed by atoms with Gasteiger partial charge in [0, 0.05) is 6.42 Å². The highest BCUT2D eigenvalue weighted by atomic mass is 16.5. The van der Waals surface area contributed by atoms with E-state index in [1.165, 1.54) is 0 Å². The fraction of sp³-hybridized carbons (Fsp3) is 0.667. The molecule has 0 aromatic rings. The number of carbonyl (C=O) groups excluding carboxylic acids is 1. The molecular weight excluding hydrogens is 118 g/mol. The molecule has 9 heavy (non-hydrogen) atoms. The minimum Gasteiger partial charge on any atom is -0.289 e. The SMILES string of the molecule is [CH2]C(C)(C)CC(=O)NO. The van der Waals surface area contributed by atoms with Crippen LogP contribution in [-0.4, -0.2) is 11.1 Å². The normalized spacial score (nSPS) is 11.1. The highest BCUT2D eigenvalue weighted by molar-refractivity contribution is 5.75. The summed E-state index contributed by atoms with van der Waals surface area (Å²) in [7, 11) is 0. The third kappa shape index (κ3) is 5.30. The molecule has 0 aromatic carbocycles. The van der Waals surface area contributed by atoms with Crippen molar-refractivity contribution in [1.82, 2.24) is 5.48 Å². The molecule has 3 nitrogen and oxygen atoms in total. The second-order valence-corrected chi connectivity index (χ2v) is 2.88. The van der Waals surface area contributed by atoms with Gasteiger partial charge in [-0.1, -0.05) is 13.8 Å².